The fourth-order valence-corrected chi connectivity index (χ4v) is 5.60. The van der Waals surface area contributed by atoms with Crippen LogP contribution in [-0.4, -0.2) is 49.7 Å². The summed E-state index contributed by atoms with van der Waals surface area (Å²) in [7, 11) is 5.12. The van der Waals surface area contributed by atoms with E-state index in [-0.39, 0.29) is 23.4 Å². The zero-order valence-electron chi connectivity index (χ0n) is 19.3. The number of hydrogen-bond acceptors (Lipinski definition) is 5. The van der Waals surface area contributed by atoms with E-state index in [1.54, 1.807) is 21.3 Å². The van der Waals surface area contributed by atoms with Crippen LogP contribution in [-0.2, 0) is 9.53 Å². The fourth-order valence-electron chi connectivity index (χ4n) is 5.60. The molecule has 1 aromatic carbocycles. The molecule has 3 aliphatic rings. The molecule has 0 bridgehead atoms. The number of carbonyl (C=O) groups excluding carboxylic acids is 1. The molecule has 1 fully saturated rings. The summed E-state index contributed by atoms with van der Waals surface area (Å²) in [5.41, 5.74) is 7.46. The molecule has 1 atom stereocenters. The predicted molar refractivity (Wildman–Crippen MR) is 127 cm³/mol. The number of allylic oxidation sites excluding steroid dienone is 3. The number of likely N-dealkylation sites (N-methyl/N-ethyl adjacent to an activating group) is 1. The fraction of sp³-hybridized carbons (Fsp3) is 0.462. The van der Waals surface area contributed by atoms with Crippen molar-refractivity contribution in [3.63, 3.8) is 0 Å². The van der Waals surface area contributed by atoms with Crippen LogP contribution >= 0.6 is 0 Å². The number of ether oxygens (including phenoxy) is 2. The summed E-state index contributed by atoms with van der Waals surface area (Å²) in [6.07, 6.45) is 11.7. The molecule has 1 heterocycles. The number of carbonyl (C=O) groups is 1. The van der Waals surface area contributed by atoms with Crippen LogP contribution < -0.4 is 10.5 Å². The zero-order chi connectivity index (χ0) is 22.9. The van der Waals surface area contributed by atoms with Gasteiger partial charge in [-0.15, -0.1) is 0 Å². The minimum atomic E-state index is -1.10. The first-order chi connectivity index (χ1) is 15.4. The van der Waals surface area contributed by atoms with Crippen molar-refractivity contribution < 1.29 is 14.3 Å². The van der Waals surface area contributed by atoms with Gasteiger partial charge < -0.3 is 15.2 Å². The minimum absolute atomic E-state index is 0.0843. The van der Waals surface area contributed by atoms with Crippen molar-refractivity contribution in [3.05, 3.63) is 60.2 Å². The molecule has 1 saturated carbocycles. The van der Waals surface area contributed by atoms with E-state index in [4.69, 9.17) is 20.2 Å². The summed E-state index contributed by atoms with van der Waals surface area (Å²) >= 11 is 0. The third kappa shape index (κ3) is 3.47. The lowest BCUT2D eigenvalue weighted by atomic mass is 9.56. The number of aliphatic imine (C=N–C) groups is 1. The summed E-state index contributed by atoms with van der Waals surface area (Å²) in [6, 6.07) is 7.92. The molecule has 170 valence electrons. The Kier molecular flexibility index (Phi) is 5.99. The highest BCUT2D eigenvalue weighted by atomic mass is 16.5. The lowest BCUT2D eigenvalue weighted by molar-refractivity contribution is -0.135. The monoisotopic (exact) mass is 435 g/mol. The Bertz CT molecular complexity index is 1000. The number of benzene rings is 1. The Labute approximate surface area is 190 Å². The van der Waals surface area contributed by atoms with Gasteiger partial charge in [-0.3, -0.25) is 9.69 Å². The van der Waals surface area contributed by atoms with E-state index in [1.807, 2.05) is 30.3 Å². The molecular weight excluding hydrogens is 402 g/mol. The summed E-state index contributed by atoms with van der Waals surface area (Å²) in [5.74, 6) is 0.956. The van der Waals surface area contributed by atoms with Crippen LogP contribution in [0.15, 0.2) is 59.6 Å². The van der Waals surface area contributed by atoms with Gasteiger partial charge in [0, 0.05) is 19.6 Å². The van der Waals surface area contributed by atoms with Crippen molar-refractivity contribution in [1.82, 2.24) is 4.90 Å². The predicted octanol–water partition coefficient (Wildman–Crippen LogP) is 4.09. The van der Waals surface area contributed by atoms with Crippen LogP contribution in [0.3, 0.4) is 0 Å². The first-order valence-electron chi connectivity index (χ1n) is 11.3. The number of hydrogen-bond donors (Lipinski definition) is 1. The number of fused-ring (bicyclic) bond motifs is 1. The lowest BCUT2D eigenvalue weighted by Gasteiger charge is -2.49. The molecule has 6 heteroatoms. The second-order valence-electron chi connectivity index (χ2n) is 9.06. The lowest BCUT2D eigenvalue weighted by Crippen LogP contribution is -2.56. The number of rotatable bonds is 3. The van der Waals surface area contributed by atoms with Gasteiger partial charge in [0.2, 0.25) is 0 Å². The van der Waals surface area contributed by atoms with Crippen molar-refractivity contribution in [2.24, 2.45) is 16.1 Å². The molecular formula is C26H33N3O3. The van der Waals surface area contributed by atoms with Gasteiger partial charge in [-0.1, -0.05) is 30.9 Å². The number of nitrogens with zero attached hydrogens (tertiary/aromatic N) is 2. The molecule has 2 N–H and O–H groups in total. The minimum Gasteiger partial charge on any atom is -0.497 e. The summed E-state index contributed by atoms with van der Waals surface area (Å²) < 4.78 is 11.1. The van der Waals surface area contributed by atoms with Gasteiger partial charge in [0.25, 0.3) is 5.91 Å². The van der Waals surface area contributed by atoms with E-state index >= 15 is 0 Å². The Morgan fingerprint density at radius 3 is 2.59 bits per heavy atom. The topological polar surface area (TPSA) is 77.2 Å². The van der Waals surface area contributed by atoms with E-state index in [0.717, 1.165) is 55.4 Å². The molecule has 0 radical (unpaired) electrons. The van der Waals surface area contributed by atoms with E-state index < -0.39 is 5.54 Å². The molecule has 1 aromatic rings. The number of nitrogens with two attached hydrogens (primary N) is 1. The molecule has 32 heavy (non-hydrogen) atoms. The third-order valence-corrected chi connectivity index (χ3v) is 7.52. The number of amides is 1. The van der Waals surface area contributed by atoms with Gasteiger partial charge in [0.1, 0.15) is 5.75 Å². The van der Waals surface area contributed by atoms with Crippen LogP contribution in [0.5, 0.6) is 5.75 Å². The van der Waals surface area contributed by atoms with Gasteiger partial charge in [-0.2, -0.15) is 0 Å². The Hall–Kier alpha value is -2.86. The average molecular weight is 436 g/mol. The van der Waals surface area contributed by atoms with Crippen LogP contribution in [0.2, 0.25) is 0 Å². The Morgan fingerprint density at radius 1 is 1.22 bits per heavy atom. The molecule has 2 spiro atoms. The maximum atomic E-state index is 13.8. The standard InChI is InChI=1S/C26H33N3O3/c1-18-16-19(20-9-7-10-22(17-20)32-4)8-5-6-13-25(14-11-21(31-3)12-15-25)26(18)23(30)29(2)24(27)28-26/h5,7-10,16-17,21H,1,6,11-15H2,2-4H3,(H2,27,28)/b8-5-,19-16+. The molecule has 6 nitrogen and oxygen atoms in total. The quantitative estimate of drug-likeness (QED) is 0.776. The van der Waals surface area contributed by atoms with Crippen molar-refractivity contribution in [2.75, 3.05) is 21.3 Å². The first kappa shape index (κ1) is 22.3. The highest BCUT2D eigenvalue weighted by Crippen LogP contribution is 2.56. The average Bonchev–Trinajstić information content (AvgIpc) is 3.08. The normalized spacial score (nSPS) is 33.3. The van der Waals surface area contributed by atoms with Crippen LogP contribution in [0, 0.1) is 5.41 Å². The number of guanidine groups is 1. The molecule has 0 saturated heterocycles. The Balaban J connectivity index is 1.85. The first-order valence-corrected chi connectivity index (χ1v) is 11.3. The second kappa shape index (κ2) is 8.58. The molecule has 1 unspecified atom stereocenters. The van der Waals surface area contributed by atoms with Gasteiger partial charge in [-0.05, 0) is 73.4 Å². The molecule has 1 amide bonds. The molecule has 4 rings (SSSR count). The Morgan fingerprint density at radius 2 is 1.97 bits per heavy atom. The zero-order valence-corrected chi connectivity index (χ0v) is 19.3. The van der Waals surface area contributed by atoms with Gasteiger partial charge >= 0.3 is 0 Å². The van der Waals surface area contributed by atoms with E-state index in [1.165, 1.54) is 4.90 Å². The van der Waals surface area contributed by atoms with Gasteiger partial charge in [0.15, 0.2) is 11.5 Å². The highest BCUT2D eigenvalue weighted by molar-refractivity contribution is 6.09. The maximum Gasteiger partial charge on any atom is 0.262 e. The van der Waals surface area contributed by atoms with Crippen LogP contribution in [0.1, 0.15) is 44.1 Å². The maximum absolute atomic E-state index is 13.8. The number of methoxy groups -OCH3 is 2. The van der Waals surface area contributed by atoms with Crippen molar-refractivity contribution in [3.8, 4) is 5.75 Å². The summed E-state index contributed by atoms with van der Waals surface area (Å²) in [4.78, 5) is 20.2. The van der Waals surface area contributed by atoms with Gasteiger partial charge in [0.05, 0.1) is 13.2 Å². The highest BCUT2D eigenvalue weighted by Gasteiger charge is 2.62. The van der Waals surface area contributed by atoms with Gasteiger partial charge in [-0.25, -0.2) is 4.99 Å². The van der Waals surface area contributed by atoms with E-state index in [2.05, 4.69) is 18.7 Å². The van der Waals surface area contributed by atoms with Crippen LogP contribution in [0.25, 0.3) is 5.57 Å². The summed E-state index contributed by atoms with van der Waals surface area (Å²) in [5, 5.41) is 0. The van der Waals surface area contributed by atoms with Crippen LogP contribution in [0.4, 0.5) is 0 Å². The van der Waals surface area contributed by atoms with E-state index in [0.29, 0.717) is 5.57 Å². The second-order valence-corrected chi connectivity index (χ2v) is 9.06. The van der Waals surface area contributed by atoms with Crippen molar-refractivity contribution in [2.45, 2.75) is 50.2 Å². The molecule has 2 aliphatic carbocycles. The van der Waals surface area contributed by atoms with Crippen molar-refractivity contribution >= 4 is 17.4 Å². The third-order valence-electron chi connectivity index (χ3n) is 7.52. The largest absolute Gasteiger partial charge is 0.497 e. The smallest absolute Gasteiger partial charge is 0.262 e. The summed E-state index contributed by atoms with van der Waals surface area (Å²) in [6.45, 7) is 4.44. The molecule has 0 aromatic heterocycles. The van der Waals surface area contributed by atoms with Crippen molar-refractivity contribution in [1.29, 1.82) is 0 Å². The van der Waals surface area contributed by atoms with E-state index in [9.17, 15) is 4.79 Å². The molecule has 1 aliphatic heterocycles. The SMILES string of the molecule is C=C1/C=C(c2cccc(OC)c2)\C=C/CCC2(CCC(OC)CC2)C12N=C(N)N(C)C2=O.